The summed E-state index contributed by atoms with van der Waals surface area (Å²) in [6, 6.07) is 12.5. The second-order valence-electron chi connectivity index (χ2n) is 7.36. The number of ketones is 1. The van der Waals surface area contributed by atoms with E-state index in [2.05, 4.69) is 0 Å². The van der Waals surface area contributed by atoms with Gasteiger partial charge in [0.1, 0.15) is 18.0 Å². The lowest BCUT2D eigenvalue weighted by atomic mass is 9.90. The predicted molar refractivity (Wildman–Crippen MR) is 109 cm³/mol. The molecule has 1 aliphatic rings. The van der Waals surface area contributed by atoms with Crippen LogP contribution in [0.3, 0.4) is 0 Å². The lowest BCUT2D eigenvalue weighted by Crippen LogP contribution is -2.44. The monoisotopic (exact) mass is 414 g/mol. The molecular weight excluding hydrogens is 392 g/mol. The van der Waals surface area contributed by atoms with Crippen molar-refractivity contribution in [3.8, 4) is 5.75 Å². The zero-order chi connectivity index (χ0) is 20.7. The van der Waals surface area contributed by atoms with E-state index >= 15 is 0 Å². The molecule has 2 heterocycles. The van der Waals surface area contributed by atoms with E-state index in [0.717, 1.165) is 10.1 Å². The second-order valence-corrected chi connectivity index (χ2v) is 8.44. The minimum Gasteiger partial charge on any atom is -0.508 e. The van der Waals surface area contributed by atoms with Gasteiger partial charge < -0.3 is 25.2 Å². The molecule has 3 aromatic rings. The van der Waals surface area contributed by atoms with Crippen molar-refractivity contribution in [3.63, 3.8) is 0 Å². The predicted octanol–water partition coefficient (Wildman–Crippen LogP) is 2.69. The van der Waals surface area contributed by atoms with Crippen molar-refractivity contribution in [1.29, 1.82) is 0 Å². The van der Waals surface area contributed by atoms with E-state index in [1.807, 2.05) is 30.3 Å². The van der Waals surface area contributed by atoms with E-state index in [9.17, 15) is 25.2 Å². The molecule has 7 heteroatoms. The van der Waals surface area contributed by atoms with Crippen LogP contribution in [0.5, 0.6) is 5.75 Å². The first-order chi connectivity index (χ1) is 13.9. The molecule has 4 N–H and O–H groups in total. The Balaban J connectivity index is 1.74. The molecule has 6 nitrogen and oxygen atoms in total. The Hall–Kier alpha value is -2.29. The third-order valence-electron chi connectivity index (χ3n) is 5.33. The Bertz CT molecular complexity index is 1030. The molecule has 1 fully saturated rings. The van der Waals surface area contributed by atoms with Crippen molar-refractivity contribution in [1.82, 2.24) is 0 Å². The van der Waals surface area contributed by atoms with E-state index in [1.54, 1.807) is 6.92 Å². The van der Waals surface area contributed by atoms with Crippen LogP contribution in [-0.4, -0.2) is 51.1 Å². The van der Waals surface area contributed by atoms with Crippen LogP contribution in [0.25, 0.3) is 10.1 Å². The van der Waals surface area contributed by atoms with Crippen molar-refractivity contribution in [3.05, 3.63) is 64.0 Å². The summed E-state index contributed by atoms with van der Waals surface area (Å²) in [5.41, 5.74) is 1.20. The van der Waals surface area contributed by atoms with Gasteiger partial charge >= 0.3 is 0 Å². The SMILES string of the molecule is Cc1cc(O)c([C@@H]2O[C@H](CO)C[C@H](O)[C@H]2O)cc1C(=O)c1cc2ccccc2s1. The first kappa shape index (κ1) is 20.0. The summed E-state index contributed by atoms with van der Waals surface area (Å²) in [7, 11) is 0. The van der Waals surface area contributed by atoms with Crippen LogP contribution in [0.15, 0.2) is 42.5 Å². The number of hydrogen-bond acceptors (Lipinski definition) is 7. The van der Waals surface area contributed by atoms with Crippen molar-refractivity contribution in [2.75, 3.05) is 6.61 Å². The number of carbonyl (C=O) groups is 1. The van der Waals surface area contributed by atoms with Gasteiger partial charge in [-0.2, -0.15) is 0 Å². The molecule has 152 valence electrons. The second kappa shape index (κ2) is 7.85. The molecule has 1 saturated heterocycles. The molecular formula is C22H22O6S. The Morgan fingerprint density at radius 2 is 1.97 bits per heavy atom. The van der Waals surface area contributed by atoms with Gasteiger partial charge in [-0.15, -0.1) is 11.3 Å². The number of aliphatic hydroxyl groups excluding tert-OH is 3. The van der Waals surface area contributed by atoms with E-state index in [1.165, 1.54) is 23.5 Å². The van der Waals surface area contributed by atoms with Crippen LogP contribution in [0.2, 0.25) is 0 Å². The van der Waals surface area contributed by atoms with Gasteiger partial charge in [-0.3, -0.25) is 4.79 Å². The highest BCUT2D eigenvalue weighted by molar-refractivity contribution is 7.21. The Morgan fingerprint density at radius 3 is 2.69 bits per heavy atom. The highest BCUT2D eigenvalue weighted by atomic mass is 32.1. The smallest absolute Gasteiger partial charge is 0.203 e. The van der Waals surface area contributed by atoms with Gasteiger partial charge in [0.2, 0.25) is 5.78 Å². The lowest BCUT2D eigenvalue weighted by molar-refractivity contribution is -0.180. The summed E-state index contributed by atoms with van der Waals surface area (Å²) >= 11 is 1.39. The summed E-state index contributed by atoms with van der Waals surface area (Å²) in [5.74, 6) is -0.320. The molecule has 1 aromatic heterocycles. The van der Waals surface area contributed by atoms with E-state index in [4.69, 9.17) is 4.74 Å². The summed E-state index contributed by atoms with van der Waals surface area (Å²) in [6.07, 6.45) is -4.01. The third-order valence-corrected chi connectivity index (χ3v) is 6.44. The molecule has 0 unspecified atom stereocenters. The van der Waals surface area contributed by atoms with Crippen LogP contribution in [0.1, 0.15) is 38.9 Å². The summed E-state index contributed by atoms with van der Waals surface area (Å²) in [6.45, 7) is 1.41. The number of thiophene rings is 1. The molecule has 2 aromatic carbocycles. The van der Waals surface area contributed by atoms with Crippen LogP contribution in [0, 0.1) is 6.92 Å². The molecule has 4 atom stereocenters. The van der Waals surface area contributed by atoms with Gasteiger partial charge in [0, 0.05) is 22.2 Å². The number of aromatic hydroxyl groups is 1. The maximum Gasteiger partial charge on any atom is 0.203 e. The van der Waals surface area contributed by atoms with Gasteiger partial charge in [-0.25, -0.2) is 0 Å². The van der Waals surface area contributed by atoms with Crippen molar-refractivity contribution >= 4 is 27.2 Å². The van der Waals surface area contributed by atoms with Gasteiger partial charge in [0.05, 0.1) is 23.7 Å². The Kier molecular flexibility index (Phi) is 5.42. The van der Waals surface area contributed by atoms with Gasteiger partial charge in [-0.05, 0) is 42.1 Å². The Labute approximate surface area is 171 Å². The van der Waals surface area contributed by atoms with Crippen LogP contribution >= 0.6 is 11.3 Å². The first-order valence-electron chi connectivity index (χ1n) is 9.38. The molecule has 0 spiro atoms. The number of hydrogen-bond donors (Lipinski definition) is 4. The van der Waals surface area contributed by atoms with Gasteiger partial charge in [-0.1, -0.05) is 18.2 Å². The van der Waals surface area contributed by atoms with Crippen molar-refractivity contribution in [2.24, 2.45) is 0 Å². The quantitative estimate of drug-likeness (QED) is 0.489. The zero-order valence-electron chi connectivity index (χ0n) is 15.8. The fourth-order valence-corrected chi connectivity index (χ4v) is 4.75. The largest absolute Gasteiger partial charge is 0.508 e. The normalized spacial score (nSPS) is 24.7. The first-order valence-corrected chi connectivity index (χ1v) is 10.2. The number of carbonyl (C=O) groups excluding carboxylic acids is 1. The molecule has 0 radical (unpaired) electrons. The topological polar surface area (TPSA) is 107 Å². The van der Waals surface area contributed by atoms with Crippen LogP contribution in [0.4, 0.5) is 0 Å². The van der Waals surface area contributed by atoms with E-state index in [0.29, 0.717) is 16.0 Å². The zero-order valence-corrected chi connectivity index (χ0v) is 16.6. The van der Waals surface area contributed by atoms with E-state index < -0.39 is 24.4 Å². The molecule has 0 saturated carbocycles. The maximum atomic E-state index is 13.2. The number of ether oxygens (including phenoxy) is 1. The number of phenolic OH excluding ortho intramolecular Hbond substituents is 1. The highest BCUT2D eigenvalue weighted by Gasteiger charge is 2.39. The molecule has 29 heavy (non-hydrogen) atoms. The fourth-order valence-electron chi connectivity index (χ4n) is 3.74. The lowest BCUT2D eigenvalue weighted by Gasteiger charge is -2.37. The molecule has 4 rings (SSSR count). The molecule has 1 aliphatic heterocycles. The van der Waals surface area contributed by atoms with Crippen LogP contribution < -0.4 is 0 Å². The highest BCUT2D eigenvalue weighted by Crippen LogP contribution is 2.38. The number of fused-ring (bicyclic) bond motifs is 1. The summed E-state index contributed by atoms with van der Waals surface area (Å²) < 4.78 is 6.69. The molecule has 0 aliphatic carbocycles. The minimum absolute atomic E-state index is 0.0916. The van der Waals surface area contributed by atoms with Gasteiger partial charge in [0.25, 0.3) is 0 Å². The minimum atomic E-state index is -1.28. The number of aryl methyl sites for hydroxylation is 1. The fraction of sp³-hybridized carbons (Fsp3) is 0.318. The van der Waals surface area contributed by atoms with Crippen molar-refractivity contribution in [2.45, 2.75) is 37.8 Å². The third kappa shape index (κ3) is 3.68. The number of aliphatic hydroxyl groups is 3. The molecule has 0 bridgehead atoms. The Morgan fingerprint density at radius 1 is 1.21 bits per heavy atom. The standard InChI is InChI=1S/C22H22O6S/c1-11-6-16(24)15(22-21(27)17(25)8-13(10-23)28-22)9-14(11)20(26)19-7-12-4-2-3-5-18(12)29-19/h2-7,9,13,17,21-25,27H,8,10H2,1H3/t13-,17-,21+,22-/m0/s1. The average Bonchev–Trinajstić information content (AvgIpc) is 3.14. The number of phenols is 1. The number of rotatable bonds is 4. The van der Waals surface area contributed by atoms with Gasteiger partial charge in [0.15, 0.2) is 0 Å². The summed E-state index contributed by atoms with van der Waals surface area (Å²) in [5, 5.41) is 41.3. The summed E-state index contributed by atoms with van der Waals surface area (Å²) in [4.78, 5) is 13.8. The molecule has 0 amide bonds. The maximum absolute atomic E-state index is 13.2. The van der Waals surface area contributed by atoms with Crippen molar-refractivity contribution < 1.29 is 30.0 Å². The van der Waals surface area contributed by atoms with E-state index in [-0.39, 0.29) is 30.1 Å². The van der Waals surface area contributed by atoms with Crippen LogP contribution in [-0.2, 0) is 4.74 Å². The number of benzene rings is 2. The average molecular weight is 414 g/mol.